The van der Waals surface area contributed by atoms with Gasteiger partial charge >= 0.3 is 51.4 Å². The number of hydrogen-bond donors (Lipinski definition) is 1. The van der Waals surface area contributed by atoms with Crippen LogP contribution in [0.25, 0.3) is 5.69 Å². The Morgan fingerprint density at radius 3 is 2.33 bits per heavy atom. The molecule has 0 spiro atoms. The van der Waals surface area contributed by atoms with Crippen LogP contribution >= 0.6 is 12.6 Å². The van der Waals surface area contributed by atoms with Gasteiger partial charge in [-0.25, -0.2) is 8.42 Å². The van der Waals surface area contributed by atoms with Crippen molar-refractivity contribution in [3.05, 3.63) is 24.3 Å². The molecule has 0 radical (unpaired) electrons. The second-order valence-corrected chi connectivity index (χ2v) is 4.26. The van der Waals surface area contributed by atoms with Gasteiger partial charge in [0, 0.05) is 0 Å². The van der Waals surface area contributed by atoms with Gasteiger partial charge in [0.2, 0.25) is 5.16 Å². The summed E-state index contributed by atoms with van der Waals surface area (Å²) in [4.78, 5) is 0. The molecule has 1 aromatic heterocycles. The molecular formula is C7H5KN4O4S2. The summed E-state index contributed by atoms with van der Waals surface area (Å²) < 4.78 is 36.5. The Bertz CT molecular complexity index is 627. The molecular weight excluding hydrogens is 307 g/mol. The van der Waals surface area contributed by atoms with E-state index in [2.05, 4.69) is 32.3 Å². The number of benzene rings is 1. The molecule has 0 amide bonds. The largest absolute Gasteiger partial charge is 1.00 e. The molecule has 0 saturated heterocycles. The minimum atomic E-state index is -4.76. The van der Waals surface area contributed by atoms with Crippen molar-refractivity contribution in [3.63, 3.8) is 0 Å². The number of thiol groups is 1. The van der Waals surface area contributed by atoms with Crippen LogP contribution in [0.3, 0.4) is 0 Å². The third-order valence-corrected chi connectivity index (χ3v) is 2.41. The molecule has 0 unspecified atom stereocenters. The van der Waals surface area contributed by atoms with Crippen LogP contribution in [0.2, 0.25) is 0 Å². The summed E-state index contributed by atoms with van der Waals surface area (Å²) in [7, 11) is -4.76. The van der Waals surface area contributed by atoms with Crippen LogP contribution in [-0.2, 0) is 10.4 Å². The van der Waals surface area contributed by atoms with E-state index in [1.54, 1.807) is 0 Å². The number of rotatable bonds is 3. The monoisotopic (exact) mass is 312 g/mol. The Kier molecular flexibility index (Phi) is 5.73. The van der Waals surface area contributed by atoms with Crippen LogP contribution in [0, 0.1) is 0 Å². The van der Waals surface area contributed by atoms with E-state index in [4.69, 9.17) is 0 Å². The van der Waals surface area contributed by atoms with Gasteiger partial charge in [0.05, 0.1) is 5.69 Å². The Morgan fingerprint density at radius 1 is 1.28 bits per heavy atom. The summed E-state index contributed by atoms with van der Waals surface area (Å²) in [5.74, 6) is -0.0856. The van der Waals surface area contributed by atoms with Gasteiger partial charge < -0.3 is 8.74 Å². The molecule has 2 rings (SSSR count). The van der Waals surface area contributed by atoms with Crippen molar-refractivity contribution in [3.8, 4) is 11.4 Å². The molecule has 90 valence electrons. The molecule has 0 bridgehead atoms. The fraction of sp³-hybridized carbons (Fsp3) is 0. The second kappa shape index (κ2) is 6.43. The molecule has 0 fully saturated rings. The molecule has 2 aromatic rings. The predicted octanol–water partition coefficient (Wildman–Crippen LogP) is -3.21. The Labute approximate surface area is 151 Å². The first-order valence-corrected chi connectivity index (χ1v) is 5.97. The summed E-state index contributed by atoms with van der Waals surface area (Å²) in [6.45, 7) is 0. The van der Waals surface area contributed by atoms with Gasteiger partial charge in [-0.2, -0.15) is 4.68 Å². The fourth-order valence-corrected chi connectivity index (χ4v) is 1.65. The van der Waals surface area contributed by atoms with Crippen molar-refractivity contribution in [2.24, 2.45) is 0 Å². The van der Waals surface area contributed by atoms with Crippen LogP contribution in [0.15, 0.2) is 29.4 Å². The molecule has 0 aliphatic heterocycles. The van der Waals surface area contributed by atoms with Gasteiger partial charge in [0.25, 0.3) is 10.4 Å². The Morgan fingerprint density at radius 2 is 1.89 bits per heavy atom. The van der Waals surface area contributed by atoms with Crippen LogP contribution in [0.5, 0.6) is 5.75 Å². The average molecular weight is 312 g/mol. The van der Waals surface area contributed by atoms with Crippen molar-refractivity contribution in [2.75, 3.05) is 0 Å². The topological polar surface area (TPSA) is 110 Å². The van der Waals surface area contributed by atoms with E-state index in [1.807, 2.05) is 0 Å². The summed E-state index contributed by atoms with van der Waals surface area (Å²) in [5.41, 5.74) is 0.552. The molecule has 11 heteroatoms. The first-order chi connectivity index (χ1) is 7.96. The Hall–Kier alpha value is -0.0136. The fourth-order valence-electron chi connectivity index (χ4n) is 1.11. The van der Waals surface area contributed by atoms with Gasteiger partial charge in [0.15, 0.2) is 0 Å². The summed E-state index contributed by atoms with van der Waals surface area (Å²) >= 11 is 4.00. The number of nitrogens with zero attached hydrogens (tertiary/aromatic N) is 4. The second-order valence-electron chi connectivity index (χ2n) is 2.88. The van der Waals surface area contributed by atoms with Crippen molar-refractivity contribution in [1.82, 2.24) is 20.2 Å². The minimum Gasteiger partial charge on any atom is -0.716 e. The first kappa shape index (κ1) is 16.0. The third kappa shape index (κ3) is 4.27. The number of tetrazole rings is 1. The zero-order valence-electron chi connectivity index (χ0n) is 9.09. The molecule has 0 atom stereocenters. The maximum absolute atomic E-state index is 10.3. The molecule has 0 aliphatic rings. The number of hydrogen-bond acceptors (Lipinski definition) is 8. The molecule has 0 aliphatic carbocycles. The predicted molar refractivity (Wildman–Crippen MR) is 56.7 cm³/mol. The van der Waals surface area contributed by atoms with Gasteiger partial charge in [-0.1, -0.05) is 0 Å². The van der Waals surface area contributed by atoms with E-state index in [0.717, 1.165) is 0 Å². The SMILES string of the molecule is O=S(=O)([O-])Oc1ccc(-n2nnnc2S)cc1.[K+]. The average Bonchev–Trinajstić information content (AvgIpc) is 2.63. The molecule has 1 aromatic carbocycles. The molecule has 18 heavy (non-hydrogen) atoms. The van der Waals surface area contributed by atoms with E-state index >= 15 is 0 Å². The van der Waals surface area contributed by atoms with Gasteiger partial charge in [-0.3, -0.25) is 0 Å². The van der Waals surface area contributed by atoms with Crippen molar-refractivity contribution >= 4 is 23.0 Å². The maximum Gasteiger partial charge on any atom is 1.00 e. The zero-order valence-corrected chi connectivity index (χ0v) is 13.9. The van der Waals surface area contributed by atoms with Crippen LogP contribution in [-0.4, -0.2) is 33.2 Å². The molecule has 0 saturated carbocycles. The van der Waals surface area contributed by atoms with E-state index in [-0.39, 0.29) is 62.3 Å². The summed E-state index contributed by atoms with van der Waals surface area (Å²) in [6.07, 6.45) is 0. The summed E-state index contributed by atoms with van der Waals surface area (Å²) in [6, 6.07) is 5.58. The van der Waals surface area contributed by atoms with Crippen LogP contribution in [0.4, 0.5) is 0 Å². The van der Waals surface area contributed by atoms with Crippen LogP contribution in [0.1, 0.15) is 0 Å². The van der Waals surface area contributed by atoms with E-state index in [9.17, 15) is 13.0 Å². The maximum atomic E-state index is 10.3. The van der Waals surface area contributed by atoms with E-state index in [1.165, 1.54) is 28.9 Å². The Balaban J connectivity index is 0.00000162. The number of aromatic nitrogens is 4. The third-order valence-electron chi connectivity index (χ3n) is 1.73. The van der Waals surface area contributed by atoms with Gasteiger partial charge in [-0.05, 0) is 34.7 Å². The molecule has 0 N–H and O–H groups in total. The van der Waals surface area contributed by atoms with Crippen molar-refractivity contribution < 1.29 is 68.5 Å². The normalized spacial score (nSPS) is 10.8. The minimum absolute atomic E-state index is 0. The zero-order chi connectivity index (χ0) is 12.5. The quantitative estimate of drug-likeness (QED) is 0.275. The van der Waals surface area contributed by atoms with Crippen molar-refractivity contribution in [1.29, 1.82) is 0 Å². The van der Waals surface area contributed by atoms with E-state index in [0.29, 0.717) is 5.69 Å². The van der Waals surface area contributed by atoms with Crippen molar-refractivity contribution in [2.45, 2.75) is 5.16 Å². The van der Waals surface area contributed by atoms with Gasteiger partial charge in [-0.15, -0.1) is 17.7 Å². The smallest absolute Gasteiger partial charge is 0.716 e. The molecule has 8 nitrogen and oxygen atoms in total. The van der Waals surface area contributed by atoms with Crippen LogP contribution < -0.4 is 55.6 Å². The standard InChI is InChI=1S/C7H6N4O4S2.K/c12-17(13,14)15-6-3-1-5(2-4-6)11-7(16)8-9-10-11;/h1-4H,(H,8,10,16)(H,12,13,14);/q;+1/p-1. The van der Waals surface area contributed by atoms with Gasteiger partial charge in [0.1, 0.15) is 5.75 Å². The molecule has 1 heterocycles. The van der Waals surface area contributed by atoms with E-state index < -0.39 is 10.4 Å². The first-order valence-electron chi connectivity index (χ1n) is 4.19. The summed E-state index contributed by atoms with van der Waals surface area (Å²) in [5, 5.41) is 10.9.